The van der Waals surface area contributed by atoms with Crippen molar-refractivity contribution in [2.75, 3.05) is 30.8 Å². The van der Waals surface area contributed by atoms with E-state index >= 15 is 0 Å². The number of nitrogen functional groups attached to an aromatic ring is 1. The van der Waals surface area contributed by atoms with Gasteiger partial charge >= 0.3 is 0 Å². The van der Waals surface area contributed by atoms with E-state index in [0.29, 0.717) is 16.7 Å². The second kappa shape index (κ2) is 6.07. The molecule has 0 aromatic carbocycles. The molecule has 1 aromatic rings. The molecule has 0 amide bonds. The molecule has 0 atom stereocenters. The maximum absolute atomic E-state index is 5.79. The predicted octanol–water partition coefficient (Wildman–Crippen LogP) is 2.55. The van der Waals surface area contributed by atoms with Crippen molar-refractivity contribution in [2.24, 2.45) is 5.92 Å². The van der Waals surface area contributed by atoms with E-state index in [1.54, 1.807) is 12.1 Å². The third kappa shape index (κ3) is 4.40. The Morgan fingerprint density at radius 1 is 1.47 bits per heavy atom. The SMILES string of the molecule is Nc1ccc(Cl)nc1NCCCOCC1CC1. The molecule has 1 aromatic heterocycles. The summed E-state index contributed by atoms with van der Waals surface area (Å²) in [6, 6.07) is 3.43. The lowest BCUT2D eigenvalue weighted by Crippen LogP contribution is -2.09. The van der Waals surface area contributed by atoms with Gasteiger partial charge in [-0.05, 0) is 37.3 Å². The Morgan fingerprint density at radius 2 is 2.29 bits per heavy atom. The Hall–Kier alpha value is -1.00. The van der Waals surface area contributed by atoms with E-state index in [2.05, 4.69) is 10.3 Å². The topological polar surface area (TPSA) is 60.2 Å². The van der Waals surface area contributed by atoms with E-state index in [1.807, 2.05) is 0 Å². The van der Waals surface area contributed by atoms with Crippen molar-refractivity contribution >= 4 is 23.1 Å². The van der Waals surface area contributed by atoms with Crippen LogP contribution in [0.1, 0.15) is 19.3 Å². The van der Waals surface area contributed by atoms with E-state index in [4.69, 9.17) is 22.1 Å². The van der Waals surface area contributed by atoms with Crippen LogP contribution in [0.15, 0.2) is 12.1 Å². The van der Waals surface area contributed by atoms with Crippen molar-refractivity contribution in [3.8, 4) is 0 Å². The molecule has 0 aliphatic heterocycles. The van der Waals surface area contributed by atoms with E-state index in [-0.39, 0.29) is 0 Å². The molecule has 17 heavy (non-hydrogen) atoms. The number of pyridine rings is 1. The summed E-state index contributed by atoms with van der Waals surface area (Å²) in [4.78, 5) is 4.12. The number of nitrogens with two attached hydrogens (primary N) is 1. The second-order valence-electron chi connectivity index (χ2n) is 4.37. The number of halogens is 1. The highest BCUT2D eigenvalue weighted by molar-refractivity contribution is 6.29. The molecule has 5 heteroatoms. The third-order valence-corrected chi connectivity index (χ3v) is 2.91. The number of anilines is 2. The first-order valence-corrected chi connectivity index (χ1v) is 6.37. The van der Waals surface area contributed by atoms with Gasteiger partial charge in [0, 0.05) is 19.8 Å². The average Bonchev–Trinajstić information content (AvgIpc) is 3.11. The summed E-state index contributed by atoms with van der Waals surface area (Å²) in [7, 11) is 0. The molecule has 94 valence electrons. The van der Waals surface area contributed by atoms with Gasteiger partial charge in [-0.3, -0.25) is 0 Å². The van der Waals surface area contributed by atoms with Crippen LogP contribution in [0.4, 0.5) is 11.5 Å². The number of hydrogen-bond acceptors (Lipinski definition) is 4. The van der Waals surface area contributed by atoms with Crippen LogP contribution in [-0.2, 0) is 4.74 Å². The molecular formula is C12H18ClN3O. The lowest BCUT2D eigenvalue weighted by molar-refractivity contribution is 0.124. The van der Waals surface area contributed by atoms with Crippen LogP contribution in [0.25, 0.3) is 0 Å². The van der Waals surface area contributed by atoms with Crippen LogP contribution in [0.3, 0.4) is 0 Å². The van der Waals surface area contributed by atoms with E-state index in [9.17, 15) is 0 Å². The van der Waals surface area contributed by atoms with Crippen molar-refractivity contribution in [3.05, 3.63) is 17.3 Å². The molecule has 0 saturated heterocycles. The number of nitrogens with one attached hydrogen (secondary N) is 1. The van der Waals surface area contributed by atoms with Gasteiger partial charge in [-0.1, -0.05) is 11.6 Å². The van der Waals surface area contributed by atoms with Crippen LogP contribution < -0.4 is 11.1 Å². The zero-order valence-electron chi connectivity index (χ0n) is 9.79. The molecule has 2 rings (SSSR count). The first-order valence-electron chi connectivity index (χ1n) is 5.99. The summed E-state index contributed by atoms with van der Waals surface area (Å²) < 4.78 is 5.53. The lowest BCUT2D eigenvalue weighted by atomic mass is 10.3. The number of ether oxygens (including phenoxy) is 1. The standard InChI is InChI=1S/C12H18ClN3O/c13-11-5-4-10(14)12(16-11)15-6-1-7-17-8-9-2-3-9/h4-5,9H,1-3,6-8,14H2,(H,15,16). The summed E-state index contributed by atoms with van der Waals surface area (Å²) >= 11 is 5.79. The van der Waals surface area contributed by atoms with Crippen LogP contribution >= 0.6 is 11.6 Å². The molecule has 3 N–H and O–H groups in total. The van der Waals surface area contributed by atoms with Gasteiger partial charge in [-0.15, -0.1) is 0 Å². The molecular weight excluding hydrogens is 238 g/mol. The van der Waals surface area contributed by atoms with E-state index in [1.165, 1.54) is 12.8 Å². The van der Waals surface area contributed by atoms with Crippen LogP contribution in [0.5, 0.6) is 0 Å². The Bertz CT molecular complexity index is 369. The van der Waals surface area contributed by atoms with Gasteiger partial charge in [0.25, 0.3) is 0 Å². The van der Waals surface area contributed by atoms with Crippen LogP contribution in [0.2, 0.25) is 5.15 Å². The van der Waals surface area contributed by atoms with Gasteiger partial charge in [-0.2, -0.15) is 0 Å². The Morgan fingerprint density at radius 3 is 3.06 bits per heavy atom. The molecule has 0 unspecified atom stereocenters. The van der Waals surface area contributed by atoms with Gasteiger partial charge in [-0.25, -0.2) is 4.98 Å². The van der Waals surface area contributed by atoms with Crippen LogP contribution in [0, 0.1) is 5.92 Å². The highest BCUT2D eigenvalue weighted by atomic mass is 35.5. The monoisotopic (exact) mass is 255 g/mol. The van der Waals surface area contributed by atoms with Crippen LogP contribution in [-0.4, -0.2) is 24.7 Å². The summed E-state index contributed by atoms with van der Waals surface area (Å²) in [5.41, 5.74) is 6.38. The Balaban J connectivity index is 1.61. The quantitative estimate of drug-likeness (QED) is 0.581. The first-order chi connectivity index (χ1) is 8.25. The normalized spacial score (nSPS) is 14.9. The first kappa shape index (κ1) is 12.5. The fourth-order valence-corrected chi connectivity index (χ4v) is 1.65. The van der Waals surface area contributed by atoms with Gasteiger partial charge in [0.15, 0.2) is 5.82 Å². The fourth-order valence-electron chi connectivity index (χ4n) is 1.50. The maximum Gasteiger partial charge on any atom is 0.150 e. The minimum atomic E-state index is 0.451. The molecule has 1 aliphatic carbocycles. The van der Waals surface area contributed by atoms with Crippen molar-refractivity contribution < 1.29 is 4.74 Å². The van der Waals surface area contributed by atoms with Gasteiger partial charge < -0.3 is 15.8 Å². The minimum Gasteiger partial charge on any atom is -0.396 e. The molecule has 1 aliphatic rings. The van der Waals surface area contributed by atoms with Crippen molar-refractivity contribution in [3.63, 3.8) is 0 Å². The Kier molecular flexibility index (Phi) is 4.45. The van der Waals surface area contributed by atoms with E-state index < -0.39 is 0 Å². The highest BCUT2D eigenvalue weighted by Crippen LogP contribution is 2.28. The zero-order chi connectivity index (χ0) is 12.1. The summed E-state index contributed by atoms with van der Waals surface area (Å²) in [6.45, 7) is 2.49. The number of nitrogens with zero attached hydrogens (tertiary/aromatic N) is 1. The molecule has 1 saturated carbocycles. The smallest absolute Gasteiger partial charge is 0.150 e. The number of rotatable bonds is 7. The van der Waals surface area contributed by atoms with Gasteiger partial charge in [0.2, 0.25) is 0 Å². The second-order valence-corrected chi connectivity index (χ2v) is 4.76. The Labute approximate surface area is 107 Å². The summed E-state index contributed by atoms with van der Waals surface area (Å²) in [6.07, 6.45) is 3.61. The number of aromatic nitrogens is 1. The fraction of sp³-hybridized carbons (Fsp3) is 0.583. The minimum absolute atomic E-state index is 0.451. The highest BCUT2D eigenvalue weighted by Gasteiger charge is 2.20. The zero-order valence-corrected chi connectivity index (χ0v) is 10.5. The number of hydrogen-bond donors (Lipinski definition) is 2. The van der Waals surface area contributed by atoms with E-state index in [0.717, 1.165) is 32.1 Å². The maximum atomic E-state index is 5.79. The van der Waals surface area contributed by atoms with Gasteiger partial charge in [0.1, 0.15) is 5.15 Å². The summed E-state index contributed by atoms with van der Waals surface area (Å²) in [5, 5.41) is 3.61. The van der Waals surface area contributed by atoms with Crippen molar-refractivity contribution in [1.29, 1.82) is 0 Å². The van der Waals surface area contributed by atoms with Crippen molar-refractivity contribution in [2.45, 2.75) is 19.3 Å². The molecule has 0 radical (unpaired) electrons. The molecule has 0 bridgehead atoms. The summed E-state index contributed by atoms with van der Waals surface area (Å²) in [5.74, 6) is 1.48. The van der Waals surface area contributed by atoms with Gasteiger partial charge in [0.05, 0.1) is 5.69 Å². The average molecular weight is 256 g/mol. The third-order valence-electron chi connectivity index (χ3n) is 2.70. The molecule has 4 nitrogen and oxygen atoms in total. The molecule has 1 fully saturated rings. The van der Waals surface area contributed by atoms with Crippen molar-refractivity contribution in [1.82, 2.24) is 4.98 Å². The molecule has 1 heterocycles. The predicted molar refractivity (Wildman–Crippen MR) is 70.3 cm³/mol. The largest absolute Gasteiger partial charge is 0.396 e. The molecule has 0 spiro atoms. The lowest BCUT2D eigenvalue weighted by Gasteiger charge is -2.08.